The van der Waals surface area contributed by atoms with Gasteiger partial charge in [0.25, 0.3) is 5.56 Å². The van der Waals surface area contributed by atoms with E-state index in [-0.39, 0.29) is 0 Å². The molecule has 1 aromatic carbocycles. The van der Waals surface area contributed by atoms with Gasteiger partial charge in [0, 0.05) is 13.6 Å². The van der Waals surface area contributed by atoms with E-state index in [4.69, 9.17) is 0 Å². The van der Waals surface area contributed by atoms with E-state index < -0.39 is 37.2 Å². The number of carbonyl (C=O) groups excluding carboxylic acids is 1. The molecule has 0 N–H and O–H groups in total. The topological polar surface area (TPSA) is 68.1 Å². The number of aromatic nitrogens is 3. The van der Waals surface area contributed by atoms with E-state index in [2.05, 4.69) is 10.3 Å². The Kier molecular flexibility index (Phi) is 4.43. The van der Waals surface area contributed by atoms with Crippen LogP contribution in [0, 0.1) is 0 Å². The number of likely N-dealkylation sites (N-methyl/N-ethyl adjacent to an activating group) is 1. The van der Waals surface area contributed by atoms with E-state index in [0.717, 1.165) is 9.58 Å². The minimum Gasteiger partial charge on any atom is -0.344 e. The van der Waals surface area contributed by atoms with Crippen molar-refractivity contribution in [2.75, 3.05) is 13.6 Å². The van der Waals surface area contributed by atoms with Crippen LogP contribution in [0.15, 0.2) is 29.1 Å². The summed E-state index contributed by atoms with van der Waals surface area (Å²) in [5.41, 5.74) is -0.121. The van der Waals surface area contributed by atoms with E-state index in [9.17, 15) is 22.8 Å². The second kappa shape index (κ2) is 6.12. The Balaban J connectivity index is 2.12. The molecule has 2 aromatic rings. The molecule has 2 rings (SSSR count). The number of rotatable bonds is 4. The highest BCUT2D eigenvalue weighted by atomic mass is 19.4. The summed E-state index contributed by atoms with van der Waals surface area (Å²) in [6.45, 7) is -0.927. The van der Waals surface area contributed by atoms with Gasteiger partial charge in [0.05, 0.1) is 11.8 Å². The summed E-state index contributed by atoms with van der Waals surface area (Å²) in [7, 11) is 1.24. The summed E-state index contributed by atoms with van der Waals surface area (Å²) in [4.78, 5) is 24.9. The monoisotopic (exact) mass is 314 g/mol. The van der Waals surface area contributed by atoms with Crippen LogP contribution in [-0.2, 0) is 11.3 Å². The van der Waals surface area contributed by atoms with E-state index in [1.54, 1.807) is 24.3 Å². The number of halogens is 3. The van der Waals surface area contributed by atoms with Gasteiger partial charge in [0.15, 0.2) is 0 Å². The normalized spacial score (nSPS) is 11.6. The number of alkyl halides is 3. The van der Waals surface area contributed by atoms with Gasteiger partial charge in [0.2, 0.25) is 5.91 Å². The maximum absolute atomic E-state index is 12.1. The molecule has 0 spiro atoms. The molecule has 0 atom stereocenters. The van der Waals surface area contributed by atoms with Crippen LogP contribution in [0.4, 0.5) is 13.2 Å². The standard InChI is InChI=1S/C13H13F3N4O2/c1-19(7-6-13(14,15)16)11(21)8-20-12(22)9-4-2-3-5-10(9)17-18-20/h2-5H,6-8H2,1H3. The lowest BCUT2D eigenvalue weighted by molar-refractivity contribution is -0.144. The van der Waals surface area contributed by atoms with E-state index in [1.807, 2.05) is 0 Å². The third-order valence-corrected chi connectivity index (χ3v) is 3.07. The molecular weight excluding hydrogens is 301 g/mol. The average molecular weight is 314 g/mol. The zero-order chi connectivity index (χ0) is 16.3. The molecule has 22 heavy (non-hydrogen) atoms. The highest BCUT2D eigenvalue weighted by Crippen LogP contribution is 2.19. The van der Waals surface area contributed by atoms with Gasteiger partial charge in [-0.2, -0.15) is 13.2 Å². The van der Waals surface area contributed by atoms with Gasteiger partial charge in [-0.15, -0.1) is 5.10 Å². The smallest absolute Gasteiger partial charge is 0.344 e. The van der Waals surface area contributed by atoms with Gasteiger partial charge in [-0.3, -0.25) is 9.59 Å². The minimum atomic E-state index is -4.34. The molecule has 0 aliphatic rings. The Hall–Kier alpha value is -2.45. The third-order valence-electron chi connectivity index (χ3n) is 3.07. The number of hydrogen-bond donors (Lipinski definition) is 0. The lowest BCUT2D eigenvalue weighted by Crippen LogP contribution is -2.37. The summed E-state index contributed by atoms with van der Waals surface area (Å²) in [6, 6.07) is 6.48. The fourth-order valence-corrected chi connectivity index (χ4v) is 1.79. The van der Waals surface area contributed by atoms with Gasteiger partial charge in [-0.25, -0.2) is 4.68 Å². The summed E-state index contributed by atoms with van der Waals surface area (Å²) in [6.07, 6.45) is -5.44. The lowest BCUT2D eigenvalue weighted by atomic mass is 10.2. The second-order valence-electron chi connectivity index (χ2n) is 4.75. The lowest BCUT2D eigenvalue weighted by Gasteiger charge is -2.18. The number of carbonyl (C=O) groups is 1. The Labute approximate surface area is 123 Å². The van der Waals surface area contributed by atoms with Crippen molar-refractivity contribution >= 4 is 16.8 Å². The fourth-order valence-electron chi connectivity index (χ4n) is 1.79. The maximum Gasteiger partial charge on any atom is 0.390 e. The molecule has 0 unspecified atom stereocenters. The molecular formula is C13H13F3N4O2. The molecule has 0 saturated carbocycles. The second-order valence-corrected chi connectivity index (χ2v) is 4.75. The third kappa shape index (κ3) is 3.80. The minimum absolute atomic E-state index is 0.295. The van der Waals surface area contributed by atoms with E-state index in [0.29, 0.717) is 10.9 Å². The number of benzene rings is 1. The molecule has 0 aliphatic heterocycles. The highest BCUT2D eigenvalue weighted by Gasteiger charge is 2.28. The zero-order valence-corrected chi connectivity index (χ0v) is 11.7. The Morgan fingerprint density at radius 1 is 1.32 bits per heavy atom. The Morgan fingerprint density at radius 3 is 2.68 bits per heavy atom. The molecule has 0 aliphatic carbocycles. The van der Waals surface area contributed by atoms with Crippen LogP contribution < -0.4 is 5.56 Å². The van der Waals surface area contributed by atoms with Crippen LogP contribution in [0.5, 0.6) is 0 Å². The molecule has 0 radical (unpaired) electrons. The first-order chi connectivity index (χ1) is 10.3. The van der Waals surface area contributed by atoms with Crippen LogP contribution in [0.2, 0.25) is 0 Å². The molecule has 9 heteroatoms. The number of fused-ring (bicyclic) bond motifs is 1. The molecule has 0 fully saturated rings. The predicted octanol–water partition coefficient (Wildman–Crippen LogP) is 1.20. The summed E-state index contributed by atoms with van der Waals surface area (Å²) < 4.78 is 37.2. The van der Waals surface area contributed by atoms with Crippen LogP contribution in [-0.4, -0.2) is 45.6 Å². The largest absolute Gasteiger partial charge is 0.390 e. The molecule has 0 bridgehead atoms. The first-order valence-electron chi connectivity index (χ1n) is 6.41. The molecule has 6 nitrogen and oxygen atoms in total. The predicted molar refractivity (Wildman–Crippen MR) is 72.1 cm³/mol. The van der Waals surface area contributed by atoms with Gasteiger partial charge >= 0.3 is 6.18 Å². The number of hydrogen-bond acceptors (Lipinski definition) is 4. The van der Waals surface area contributed by atoms with Crippen molar-refractivity contribution in [3.8, 4) is 0 Å². The van der Waals surface area contributed by atoms with Crippen molar-refractivity contribution in [3.05, 3.63) is 34.6 Å². The van der Waals surface area contributed by atoms with Crippen molar-refractivity contribution in [1.29, 1.82) is 0 Å². The SMILES string of the molecule is CN(CCC(F)(F)F)C(=O)Cn1nnc2ccccc2c1=O. The number of amides is 1. The average Bonchev–Trinajstić information content (AvgIpc) is 2.47. The molecule has 1 aromatic heterocycles. The highest BCUT2D eigenvalue weighted by molar-refractivity contribution is 5.78. The van der Waals surface area contributed by atoms with Gasteiger partial charge in [-0.1, -0.05) is 17.3 Å². The van der Waals surface area contributed by atoms with Gasteiger partial charge in [-0.05, 0) is 12.1 Å². The summed E-state index contributed by atoms with van der Waals surface area (Å²) in [5.74, 6) is -0.643. The molecule has 1 amide bonds. The Bertz CT molecular complexity index is 742. The quantitative estimate of drug-likeness (QED) is 0.850. The van der Waals surface area contributed by atoms with Crippen LogP contribution in [0.1, 0.15) is 6.42 Å². The van der Waals surface area contributed by atoms with E-state index >= 15 is 0 Å². The Morgan fingerprint density at radius 2 is 2.00 bits per heavy atom. The van der Waals surface area contributed by atoms with Crippen molar-refractivity contribution in [3.63, 3.8) is 0 Å². The molecule has 118 valence electrons. The van der Waals surface area contributed by atoms with Crippen molar-refractivity contribution in [2.45, 2.75) is 19.1 Å². The van der Waals surface area contributed by atoms with Crippen molar-refractivity contribution in [2.24, 2.45) is 0 Å². The van der Waals surface area contributed by atoms with Crippen LogP contribution in [0.25, 0.3) is 10.9 Å². The van der Waals surface area contributed by atoms with Crippen LogP contribution >= 0.6 is 0 Å². The fraction of sp³-hybridized carbons (Fsp3) is 0.385. The van der Waals surface area contributed by atoms with Crippen molar-refractivity contribution in [1.82, 2.24) is 19.9 Å². The summed E-state index contributed by atoms with van der Waals surface area (Å²) in [5, 5.41) is 7.72. The first kappa shape index (κ1) is 15.9. The van der Waals surface area contributed by atoms with Crippen molar-refractivity contribution < 1.29 is 18.0 Å². The number of nitrogens with zero attached hydrogens (tertiary/aromatic N) is 4. The van der Waals surface area contributed by atoms with Crippen LogP contribution in [0.3, 0.4) is 0 Å². The zero-order valence-electron chi connectivity index (χ0n) is 11.7. The first-order valence-corrected chi connectivity index (χ1v) is 6.41. The van der Waals surface area contributed by atoms with Gasteiger partial charge in [0.1, 0.15) is 12.1 Å². The maximum atomic E-state index is 12.1. The molecule has 0 saturated heterocycles. The van der Waals surface area contributed by atoms with Gasteiger partial charge < -0.3 is 4.90 Å². The molecule has 1 heterocycles. The summed E-state index contributed by atoms with van der Waals surface area (Å²) >= 11 is 0. The van der Waals surface area contributed by atoms with E-state index in [1.165, 1.54) is 7.05 Å².